The zero-order valence-corrected chi connectivity index (χ0v) is 7.14. The van der Waals surface area contributed by atoms with Gasteiger partial charge in [0.25, 0.3) is 0 Å². The molecule has 0 aliphatic carbocycles. The number of aliphatic hydroxyl groups is 2. The van der Waals surface area contributed by atoms with E-state index in [1.807, 2.05) is 13.1 Å². The van der Waals surface area contributed by atoms with Crippen molar-refractivity contribution in [3.8, 4) is 0 Å². The van der Waals surface area contributed by atoms with Crippen LogP contribution in [0, 0.1) is 0 Å². The fourth-order valence-corrected chi connectivity index (χ4v) is 1.00. The van der Waals surface area contributed by atoms with Crippen LogP contribution in [0.5, 0.6) is 0 Å². The molecule has 1 rings (SSSR count). The van der Waals surface area contributed by atoms with Gasteiger partial charge in [0.1, 0.15) is 0 Å². The average Bonchev–Trinajstić information content (AvgIpc) is 2.52. The van der Waals surface area contributed by atoms with Crippen molar-refractivity contribution in [2.75, 3.05) is 6.61 Å². The Hall–Kier alpha value is -0.870. The molecule has 12 heavy (non-hydrogen) atoms. The molecule has 0 saturated carbocycles. The summed E-state index contributed by atoms with van der Waals surface area (Å²) in [6, 6.07) is 1.77. The molecule has 0 saturated heterocycles. The zero-order valence-electron chi connectivity index (χ0n) is 7.14. The lowest BCUT2D eigenvalue weighted by Gasteiger charge is -2.03. The molecule has 4 nitrogen and oxygen atoms in total. The normalized spacial score (nSPS) is 13.2. The van der Waals surface area contributed by atoms with E-state index in [9.17, 15) is 5.11 Å². The van der Waals surface area contributed by atoms with E-state index in [4.69, 9.17) is 5.11 Å². The Bertz CT molecular complexity index is 235. The third-order valence-electron chi connectivity index (χ3n) is 1.73. The quantitative estimate of drug-likeness (QED) is 0.684. The van der Waals surface area contributed by atoms with Gasteiger partial charge in [-0.2, -0.15) is 5.10 Å². The zero-order chi connectivity index (χ0) is 8.97. The number of aryl methyl sites for hydroxylation is 1. The lowest BCUT2D eigenvalue weighted by molar-refractivity contribution is 0.130. The fourth-order valence-electron chi connectivity index (χ4n) is 1.00. The standard InChI is InChI=1S/C8H14N2O2/c1-2-10-5-3-7(9-10)8(12)4-6-11/h3,5,8,11-12H,2,4,6H2,1H3/t8-/m1/s1. The van der Waals surface area contributed by atoms with E-state index in [1.54, 1.807) is 10.7 Å². The highest BCUT2D eigenvalue weighted by molar-refractivity contribution is 5.02. The first-order valence-corrected chi connectivity index (χ1v) is 4.10. The lowest BCUT2D eigenvalue weighted by atomic mass is 10.2. The second kappa shape index (κ2) is 4.23. The Morgan fingerprint density at radius 2 is 2.42 bits per heavy atom. The minimum Gasteiger partial charge on any atom is -0.396 e. The fraction of sp³-hybridized carbons (Fsp3) is 0.625. The molecule has 0 aliphatic heterocycles. The van der Waals surface area contributed by atoms with Crippen LogP contribution in [0.4, 0.5) is 0 Å². The Kier molecular flexibility index (Phi) is 3.25. The van der Waals surface area contributed by atoms with Crippen molar-refractivity contribution in [1.29, 1.82) is 0 Å². The first-order chi connectivity index (χ1) is 5.77. The molecule has 0 radical (unpaired) electrons. The molecule has 0 unspecified atom stereocenters. The van der Waals surface area contributed by atoms with Crippen molar-refractivity contribution >= 4 is 0 Å². The summed E-state index contributed by atoms with van der Waals surface area (Å²) in [7, 11) is 0. The molecule has 0 bridgehead atoms. The lowest BCUT2D eigenvalue weighted by Crippen LogP contribution is -2.03. The van der Waals surface area contributed by atoms with E-state index in [1.165, 1.54) is 0 Å². The van der Waals surface area contributed by atoms with Crippen molar-refractivity contribution in [1.82, 2.24) is 9.78 Å². The topological polar surface area (TPSA) is 58.3 Å². The summed E-state index contributed by atoms with van der Waals surface area (Å²) in [6.45, 7) is 2.77. The highest BCUT2D eigenvalue weighted by Gasteiger charge is 2.08. The molecule has 1 aromatic rings. The van der Waals surface area contributed by atoms with Gasteiger partial charge in [-0.15, -0.1) is 0 Å². The highest BCUT2D eigenvalue weighted by atomic mass is 16.3. The number of hydrogen-bond donors (Lipinski definition) is 2. The second-order valence-corrected chi connectivity index (χ2v) is 2.62. The Morgan fingerprint density at radius 1 is 1.67 bits per heavy atom. The first kappa shape index (κ1) is 9.22. The molecule has 0 aromatic carbocycles. The molecular weight excluding hydrogens is 156 g/mol. The molecule has 4 heteroatoms. The van der Waals surface area contributed by atoms with Crippen LogP contribution >= 0.6 is 0 Å². The second-order valence-electron chi connectivity index (χ2n) is 2.62. The maximum absolute atomic E-state index is 9.39. The largest absolute Gasteiger partial charge is 0.396 e. The molecule has 1 aromatic heterocycles. The van der Waals surface area contributed by atoms with Crippen LogP contribution < -0.4 is 0 Å². The molecule has 1 atom stereocenters. The van der Waals surface area contributed by atoms with Gasteiger partial charge in [0.2, 0.25) is 0 Å². The summed E-state index contributed by atoms with van der Waals surface area (Å²) in [5, 5.41) is 22.1. The molecule has 1 heterocycles. The number of nitrogens with zero attached hydrogens (tertiary/aromatic N) is 2. The number of aromatic nitrogens is 2. The van der Waals surface area contributed by atoms with Gasteiger partial charge < -0.3 is 10.2 Å². The number of rotatable bonds is 4. The highest BCUT2D eigenvalue weighted by Crippen LogP contribution is 2.12. The smallest absolute Gasteiger partial charge is 0.1000 e. The number of hydrogen-bond acceptors (Lipinski definition) is 3. The maximum Gasteiger partial charge on any atom is 0.1000 e. The van der Waals surface area contributed by atoms with Crippen molar-refractivity contribution in [3.63, 3.8) is 0 Å². The molecule has 0 amide bonds. The Labute approximate surface area is 71.5 Å². The molecule has 0 aliphatic rings. The summed E-state index contributed by atoms with van der Waals surface area (Å²) in [6.07, 6.45) is 1.53. The van der Waals surface area contributed by atoms with E-state index >= 15 is 0 Å². The van der Waals surface area contributed by atoms with Crippen LogP contribution in [0.1, 0.15) is 25.1 Å². The van der Waals surface area contributed by atoms with Crippen LogP contribution in [-0.2, 0) is 6.54 Å². The molecule has 68 valence electrons. The molecule has 0 fully saturated rings. The summed E-state index contributed by atoms with van der Waals surface area (Å²) in [4.78, 5) is 0. The molecule has 2 N–H and O–H groups in total. The minimum absolute atomic E-state index is 0.0137. The third-order valence-corrected chi connectivity index (χ3v) is 1.73. The van der Waals surface area contributed by atoms with E-state index in [0.717, 1.165) is 6.54 Å². The van der Waals surface area contributed by atoms with Crippen LogP contribution in [-0.4, -0.2) is 26.6 Å². The van der Waals surface area contributed by atoms with Gasteiger partial charge in [0, 0.05) is 25.8 Å². The Morgan fingerprint density at radius 3 is 2.92 bits per heavy atom. The third kappa shape index (κ3) is 2.06. The van der Waals surface area contributed by atoms with E-state index in [0.29, 0.717) is 12.1 Å². The van der Waals surface area contributed by atoms with Gasteiger partial charge in [-0.25, -0.2) is 0 Å². The van der Waals surface area contributed by atoms with E-state index in [-0.39, 0.29) is 6.61 Å². The van der Waals surface area contributed by atoms with E-state index < -0.39 is 6.10 Å². The number of aliphatic hydroxyl groups excluding tert-OH is 2. The van der Waals surface area contributed by atoms with Crippen LogP contribution in [0.25, 0.3) is 0 Å². The van der Waals surface area contributed by atoms with Gasteiger partial charge in [0.05, 0.1) is 11.8 Å². The predicted molar refractivity (Wildman–Crippen MR) is 44.6 cm³/mol. The molecular formula is C8H14N2O2. The van der Waals surface area contributed by atoms with Crippen molar-refractivity contribution < 1.29 is 10.2 Å². The summed E-state index contributed by atoms with van der Waals surface area (Å²) >= 11 is 0. The van der Waals surface area contributed by atoms with Crippen molar-refractivity contribution in [3.05, 3.63) is 18.0 Å². The van der Waals surface area contributed by atoms with Crippen LogP contribution in [0.15, 0.2) is 12.3 Å². The van der Waals surface area contributed by atoms with E-state index in [2.05, 4.69) is 5.10 Å². The first-order valence-electron chi connectivity index (χ1n) is 4.10. The minimum atomic E-state index is -0.636. The summed E-state index contributed by atoms with van der Waals surface area (Å²) in [5.74, 6) is 0. The SMILES string of the molecule is CCn1ccc([C@H](O)CCO)n1. The maximum atomic E-state index is 9.39. The Balaban J connectivity index is 2.61. The van der Waals surface area contributed by atoms with Gasteiger partial charge in [0.15, 0.2) is 0 Å². The van der Waals surface area contributed by atoms with Gasteiger partial charge in [-0.1, -0.05) is 0 Å². The van der Waals surface area contributed by atoms with Crippen molar-refractivity contribution in [2.45, 2.75) is 26.0 Å². The average molecular weight is 170 g/mol. The van der Waals surface area contributed by atoms with Gasteiger partial charge >= 0.3 is 0 Å². The summed E-state index contributed by atoms with van der Waals surface area (Å²) < 4.78 is 1.75. The van der Waals surface area contributed by atoms with Crippen LogP contribution in [0.2, 0.25) is 0 Å². The van der Waals surface area contributed by atoms with Crippen molar-refractivity contribution in [2.24, 2.45) is 0 Å². The molecule has 0 spiro atoms. The van der Waals surface area contributed by atoms with Gasteiger partial charge in [-0.3, -0.25) is 4.68 Å². The van der Waals surface area contributed by atoms with Crippen LogP contribution in [0.3, 0.4) is 0 Å². The predicted octanol–water partition coefficient (Wildman–Crippen LogP) is 0.319. The van der Waals surface area contributed by atoms with Gasteiger partial charge in [-0.05, 0) is 13.0 Å². The monoisotopic (exact) mass is 170 g/mol. The summed E-state index contributed by atoms with van der Waals surface area (Å²) in [5.41, 5.74) is 0.630.